The van der Waals surface area contributed by atoms with Crippen LogP contribution in [0.25, 0.3) is 0 Å². The molecule has 18 heavy (non-hydrogen) atoms. The van der Waals surface area contributed by atoms with E-state index in [0.717, 1.165) is 24.9 Å². The fraction of sp³-hybridized carbons (Fsp3) is 0.933. The van der Waals surface area contributed by atoms with Crippen molar-refractivity contribution in [2.75, 3.05) is 13.1 Å². The van der Waals surface area contributed by atoms with Crippen molar-refractivity contribution < 1.29 is 4.79 Å². The summed E-state index contributed by atoms with van der Waals surface area (Å²) in [6.07, 6.45) is 9.91. The van der Waals surface area contributed by atoms with E-state index in [1.54, 1.807) is 0 Å². The van der Waals surface area contributed by atoms with Gasteiger partial charge in [-0.05, 0) is 44.1 Å². The van der Waals surface area contributed by atoms with E-state index in [1.165, 1.54) is 44.9 Å². The number of hydrogen-bond donors (Lipinski definition) is 2. The van der Waals surface area contributed by atoms with Gasteiger partial charge in [0.25, 0.3) is 0 Å². The van der Waals surface area contributed by atoms with Gasteiger partial charge in [0.1, 0.15) is 0 Å². The minimum Gasteiger partial charge on any atom is -0.353 e. The molecule has 0 aromatic rings. The van der Waals surface area contributed by atoms with Crippen molar-refractivity contribution in [1.29, 1.82) is 0 Å². The van der Waals surface area contributed by atoms with Gasteiger partial charge < -0.3 is 10.6 Å². The van der Waals surface area contributed by atoms with E-state index in [9.17, 15) is 4.79 Å². The second-order valence-electron chi connectivity index (χ2n) is 6.09. The lowest BCUT2D eigenvalue weighted by Gasteiger charge is -2.27. The molecule has 0 bridgehead atoms. The van der Waals surface area contributed by atoms with Crippen LogP contribution >= 0.6 is 0 Å². The summed E-state index contributed by atoms with van der Waals surface area (Å²) in [4.78, 5) is 11.5. The lowest BCUT2D eigenvalue weighted by atomic mass is 9.81. The Morgan fingerprint density at radius 1 is 1.06 bits per heavy atom. The van der Waals surface area contributed by atoms with E-state index < -0.39 is 0 Å². The molecular formula is C15H28N2O. The number of carbonyl (C=O) groups excluding carboxylic acids is 1. The van der Waals surface area contributed by atoms with Gasteiger partial charge in [0, 0.05) is 19.0 Å². The van der Waals surface area contributed by atoms with E-state index >= 15 is 0 Å². The highest BCUT2D eigenvalue weighted by Crippen LogP contribution is 2.30. The Morgan fingerprint density at radius 3 is 2.33 bits per heavy atom. The molecule has 0 aromatic heterocycles. The molecular weight excluding hydrogens is 224 g/mol. The fourth-order valence-corrected chi connectivity index (χ4v) is 2.88. The average molecular weight is 252 g/mol. The van der Waals surface area contributed by atoms with Crippen molar-refractivity contribution in [2.24, 2.45) is 11.8 Å². The molecule has 3 nitrogen and oxygen atoms in total. The van der Waals surface area contributed by atoms with Crippen LogP contribution in [0.1, 0.15) is 58.3 Å². The highest BCUT2D eigenvalue weighted by atomic mass is 16.1. The van der Waals surface area contributed by atoms with Gasteiger partial charge in [-0.2, -0.15) is 0 Å². The second kappa shape index (κ2) is 7.13. The molecule has 0 spiro atoms. The summed E-state index contributed by atoms with van der Waals surface area (Å²) in [7, 11) is 0. The summed E-state index contributed by atoms with van der Waals surface area (Å²) < 4.78 is 0. The van der Waals surface area contributed by atoms with Gasteiger partial charge in [0.15, 0.2) is 0 Å². The quantitative estimate of drug-likeness (QED) is 0.683. The maximum absolute atomic E-state index is 11.5. The maximum atomic E-state index is 11.5. The van der Waals surface area contributed by atoms with Crippen molar-refractivity contribution in [3.63, 3.8) is 0 Å². The lowest BCUT2D eigenvalue weighted by molar-refractivity contribution is -0.121. The van der Waals surface area contributed by atoms with E-state index in [2.05, 4.69) is 17.6 Å². The van der Waals surface area contributed by atoms with Gasteiger partial charge in [-0.1, -0.05) is 26.2 Å². The van der Waals surface area contributed by atoms with Crippen LogP contribution in [0.5, 0.6) is 0 Å². The highest BCUT2D eigenvalue weighted by Gasteiger charge is 2.23. The van der Waals surface area contributed by atoms with E-state index in [0.29, 0.717) is 12.5 Å². The number of hydrogen-bond acceptors (Lipinski definition) is 2. The van der Waals surface area contributed by atoms with Crippen molar-refractivity contribution in [2.45, 2.75) is 64.3 Å². The molecule has 0 aromatic carbocycles. The molecule has 0 radical (unpaired) electrons. The molecule has 104 valence electrons. The number of rotatable bonds is 7. The molecule has 1 amide bonds. The molecule has 0 saturated heterocycles. The zero-order valence-electron chi connectivity index (χ0n) is 11.7. The predicted octanol–water partition coefficient (Wildman–Crippen LogP) is 2.46. The Labute approximate surface area is 111 Å². The summed E-state index contributed by atoms with van der Waals surface area (Å²) in [6, 6.07) is 0.502. The molecule has 2 N–H and O–H groups in total. The molecule has 0 atom stereocenters. The Morgan fingerprint density at radius 2 is 1.72 bits per heavy atom. The zero-order valence-corrected chi connectivity index (χ0v) is 11.7. The normalized spacial score (nSPS) is 28.1. The first-order valence-electron chi connectivity index (χ1n) is 7.78. The summed E-state index contributed by atoms with van der Waals surface area (Å²) in [5.74, 6) is 2.05. The number of carbonyl (C=O) groups is 1. The van der Waals surface area contributed by atoms with Crippen molar-refractivity contribution in [1.82, 2.24) is 10.6 Å². The Hall–Kier alpha value is -0.570. The van der Waals surface area contributed by atoms with E-state index in [1.807, 2.05) is 0 Å². The molecule has 2 aliphatic rings. The fourth-order valence-electron chi connectivity index (χ4n) is 2.88. The van der Waals surface area contributed by atoms with Gasteiger partial charge in [-0.3, -0.25) is 4.79 Å². The summed E-state index contributed by atoms with van der Waals surface area (Å²) in [6.45, 7) is 4.25. The molecule has 3 heteroatoms. The molecule has 0 unspecified atom stereocenters. The molecule has 0 aliphatic heterocycles. The highest BCUT2D eigenvalue weighted by molar-refractivity contribution is 5.76. The summed E-state index contributed by atoms with van der Waals surface area (Å²) in [5.41, 5.74) is 0. The van der Waals surface area contributed by atoms with Crippen molar-refractivity contribution in [3.05, 3.63) is 0 Å². The zero-order chi connectivity index (χ0) is 12.8. The average Bonchev–Trinajstić information content (AvgIpc) is 3.19. The van der Waals surface area contributed by atoms with Crippen LogP contribution in [0, 0.1) is 11.8 Å². The third-order valence-corrected chi connectivity index (χ3v) is 4.45. The third kappa shape index (κ3) is 4.97. The monoisotopic (exact) mass is 252 g/mol. The number of amides is 1. The van der Waals surface area contributed by atoms with Crippen LogP contribution in [0.3, 0.4) is 0 Å². The van der Waals surface area contributed by atoms with Crippen molar-refractivity contribution in [3.8, 4) is 0 Å². The van der Waals surface area contributed by atoms with Crippen LogP contribution in [0.2, 0.25) is 0 Å². The van der Waals surface area contributed by atoms with Gasteiger partial charge in [0.05, 0.1) is 0 Å². The maximum Gasteiger partial charge on any atom is 0.221 e. The largest absolute Gasteiger partial charge is 0.353 e. The van der Waals surface area contributed by atoms with Crippen LogP contribution in [-0.4, -0.2) is 25.0 Å². The van der Waals surface area contributed by atoms with Gasteiger partial charge in [-0.25, -0.2) is 0 Å². The van der Waals surface area contributed by atoms with Crippen LogP contribution in [-0.2, 0) is 4.79 Å². The SMILES string of the molecule is CCC1CCC(CNCCC(=O)NC2CC2)CC1. The summed E-state index contributed by atoms with van der Waals surface area (Å²) in [5, 5.41) is 6.48. The number of nitrogens with one attached hydrogen (secondary N) is 2. The van der Waals surface area contributed by atoms with Crippen LogP contribution in [0.15, 0.2) is 0 Å². The first kappa shape index (κ1) is 13.9. The smallest absolute Gasteiger partial charge is 0.221 e. The standard InChI is InChI=1S/C15H28N2O/c1-2-12-3-5-13(6-4-12)11-16-10-9-15(18)17-14-7-8-14/h12-14,16H,2-11H2,1H3,(H,17,18). The molecule has 2 saturated carbocycles. The second-order valence-corrected chi connectivity index (χ2v) is 6.09. The third-order valence-electron chi connectivity index (χ3n) is 4.45. The Balaban J connectivity index is 1.46. The molecule has 2 rings (SSSR count). The van der Waals surface area contributed by atoms with Gasteiger partial charge in [0.2, 0.25) is 5.91 Å². The Kier molecular flexibility index (Phi) is 5.48. The van der Waals surface area contributed by atoms with Crippen LogP contribution in [0.4, 0.5) is 0 Å². The molecule has 2 aliphatic carbocycles. The first-order valence-corrected chi connectivity index (χ1v) is 7.78. The predicted molar refractivity (Wildman–Crippen MR) is 74.4 cm³/mol. The molecule has 2 fully saturated rings. The lowest BCUT2D eigenvalue weighted by Crippen LogP contribution is -2.32. The first-order chi connectivity index (χ1) is 8.78. The van der Waals surface area contributed by atoms with Crippen molar-refractivity contribution >= 4 is 5.91 Å². The topological polar surface area (TPSA) is 41.1 Å². The van der Waals surface area contributed by atoms with E-state index in [4.69, 9.17) is 0 Å². The molecule has 0 heterocycles. The summed E-state index contributed by atoms with van der Waals surface area (Å²) >= 11 is 0. The Bertz CT molecular complexity index is 255. The van der Waals surface area contributed by atoms with E-state index in [-0.39, 0.29) is 5.91 Å². The van der Waals surface area contributed by atoms with Gasteiger partial charge >= 0.3 is 0 Å². The minimum absolute atomic E-state index is 0.222. The minimum atomic E-state index is 0.222. The van der Waals surface area contributed by atoms with Gasteiger partial charge in [-0.15, -0.1) is 0 Å². The van der Waals surface area contributed by atoms with Crippen LogP contribution < -0.4 is 10.6 Å².